The molecule has 0 saturated carbocycles. The molecule has 0 bridgehead atoms. The van der Waals surface area contributed by atoms with E-state index in [0.717, 1.165) is 4.72 Å². The van der Waals surface area contributed by atoms with Crippen LogP contribution in [0.25, 0.3) is 0 Å². The summed E-state index contributed by atoms with van der Waals surface area (Å²) in [5, 5.41) is 0. The molecule has 0 aliphatic carbocycles. The number of alkyl halides is 3. The Bertz CT molecular complexity index is 333. The van der Waals surface area contributed by atoms with Gasteiger partial charge in [0.05, 0.1) is 6.26 Å². The molecule has 0 aliphatic rings. The third-order valence-electron chi connectivity index (χ3n) is 1.34. The van der Waals surface area contributed by atoms with E-state index in [9.17, 15) is 26.4 Å². The lowest BCUT2D eigenvalue weighted by atomic mass is 10.0. The Balaban J connectivity index is 4.88. The maximum Gasteiger partial charge on any atom is 0.415 e. The van der Waals surface area contributed by atoms with Gasteiger partial charge in [-0.1, -0.05) is 0 Å². The molecule has 0 rings (SSSR count). The van der Waals surface area contributed by atoms with Crippen molar-refractivity contribution in [1.29, 1.82) is 0 Å². The molecular weight excluding hydrogens is 225 g/mol. The van der Waals surface area contributed by atoms with Crippen molar-refractivity contribution < 1.29 is 26.4 Å². The van der Waals surface area contributed by atoms with Crippen LogP contribution in [-0.4, -0.2) is 32.3 Å². The fraction of sp³-hybridized carbons (Fsp3) is 0.800. The third-order valence-corrected chi connectivity index (χ3v) is 1.89. The standard InChI is InChI=1S/C5H9F3N2O3S/c1-4(9,5(6,7)8)3(11)10-14(2,12)13/h9H2,1-2H3,(H,10,11). The molecule has 3 N–H and O–H groups in total. The lowest BCUT2D eigenvalue weighted by molar-refractivity contribution is -0.186. The van der Waals surface area contributed by atoms with E-state index in [1.54, 1.807) is 0 Å². The van der Waals surface area contributed by atoms with Crippen LogP contribution in [0.15, 0.2) is 0 Å². The number of carbonyl (C=O) groups excluding carboxylic acids is 1. The zero-order valence-electron chi connectivity index (χ0n) is 7.34. The second-order valence-electron chi connectivity index (χ2n) is 2.90. The van der Waals surface area contributed by atoms with Crippen LogP contribution in [0.4, 0.5) is 13.2 Å². The van der Waals surface area contributed by atoms with E-state index in [-0.39, 0.29) is 0 Å². The summed E-state index contributed by atoms with van der Waals surface area (Å²) in [6, 6.07) is 0. The van der Waals surface area contributed by atoms with Crippen LogP contribution in [0.3, 0.4) is 0 Å². The number of hydrogen-bond donors (Lipinski definition) is 2. The first-order valence-corrected chi connectivity index (χ1v) is 5.15. The topological polar surface area (TPSA) is 89.3 Å². The van der Waals surface area contributed by atoms with Crippen LogP contribution < -0.4 is 10.5 Å². The number of rotatable bonds is 2. The van der Waals surface area contributed by atoms with Crippen molar-refractivity contribution in [3.8, 4) is 0 Å². The van der Waals surface area contributed by atoms with Crippen LogP contribution in [0.2, 0.25) is 0 Å². The quantitative estimate of drug-likeness (QED) is 0.664. The van der Waals surface area contributed by atoms with Gasteiger partial charge in [-0.05, 0) is 6.92 Å². The third kappa shape index (κ3) is 3.14. The molecule has 14 heavy (non-hydrogen) atoms. The van der Waals surface area contributed by atoms with Crippen molar-refractivity contribution >= 4 is 15.9 Å². The van der Waals surface area contributed by atoms with Crippen LogP contribution in [0.1, 0.15) is 6.92 Å². The molecule has 0 aromatic rings. The van der Waals surface area contributed by atoms with Crippen molar-refractivity contribution in [3.05, 3.63) is 0 Å². The minimum absolute atomic E-state index is 0.382. The van der Waals surface area contributed by atoms with Gasteiger partial charge in [-0.25, -0.2) is 8.42 Å². The van der Waals surface area contributed by atoms with E-state index in [1.807, 2.05) is 0 Å². The molecule has 84 valence electrons. The summed E-state index contributed by atoms with van der Waals surface area (Å²) in [7, 11) is -4.05. The Kier molecular flexibility index (Phi) is 3.19. The number of amides is 1. The first kappa shape index (κ1) is 13.2. The number of carbonyl (C=O) groups is 1. The average Bonchev–Trinajstić information content (AvgIpc) is 1.80. The van der Waals surface area contributed by atoms with Gasteiger partial charge in [0.1, 0.15) is 0 Å². The van der Waals surface area contributed by atoms with Crippen molar-refractivity contribution in [2.45, 2.75) is 18.6 Å². The van der Waals surface area contributed by atoms with Crippen LogP contribution in [0, 0.1) is 0 Å². The summed E-state index contributed by atoms with van der Waals surface area (Å²) in [6.07, 6.45) is -4.46. The zero-order chi connectivity index (χ0) is 11.8. The molecule has 0 aliphatic heterocycles. The lowest BCUT2D eigenvalue weighted by Gasteiger charge is -2.25. The maximum absolute atomic E-state index is 12.1. The second-order valence-corrected chi connectivity index (χ2v) is 4.65. The van der Waals surface area contributed by atoms with Gasteiger partial charge in [0.15, 0.2) is 5.54 Å². The minimum atomic E-state index is -5.01. The van der Waals surface area contributed by atoms with E-state index in [2.05, 4.69) is 5.73 Å². The summed E-state index contributed by atoms with van der Waals surface area (Å²) in [4.78, 5) is 10.8. The average molecular weight is 234 g/mol. The normalized spacial score (nSPS) is 17.3. The van der Waals surface area contributed by atoms with Gasteiger partial charge in [0.25, 0.3) is 5.91 Å². The largest absolute Gasteiger partial charge is 0.415 e. The molecule has 1 atom stereocenters. The molecule has 0 heterocycles. The second kappa shape index (κ2) is 3.39. The smallest absolute Gasteiger partial charge is 0.310 e. The van der Waals surface area contributed by atoms with E-state index in [4.69, 9.17) is 0 Å². The van der Waals surface area contributed by atoms with Gasteiger partial charge in [-0.3, -0.25) is 9.52 Å². The predicted octanol–water partition coefficient (Wildman–Crippen LogP) is -0.658. The van der Waals surface area contributed by atoms with E-state index in [0.29, 0.717) is 13.2 Å². The Morgan fingerprint density at radius 3 is 1.93 bits per heavy atom. The highest BCUT2D eigenvalue weighted by Gasteiger charge is 2.54. The Hall–Kier alpha value is -0.830. The molecule has 0 spiro atoms. The summed E-state index contributed by atoms with van der Waals surface area (Å²) in [6.45, 7) is 0.382. The number of nitrogens with two attached hydrogens (primary N) is 1. The van der Waals surface area contributed by atoms with Crippen molar-refractivity contribution in [2.75, 3.05) is 6.26 Å². The van der Waals surface area contributed by atoms with Crippen molar-refractivity contribution in [3.63, 3.8) is 0 Å². The Labute approximate surface area is 78.5 Å². The molecule has 0 saturated heterocycles. The molecular formula is C5H9F3N2O3S. The molecule has 0 radical (unpaired) electrons. The van der Waals surface area contributed by atoms with Gasteiger partial charge in [0, 0.05) is 0 Å². The Morgan fingerprint density at radius 2 is 1.71 bits per heavy atom. The van der Waals surface area contributed by atoms with Gasteiger partial charge in [-0.15, -0.1) is 0 Å². The molecule has 0 fully saturated rings. The van der Waals surface area contributed by atoms with Crippen LogP contribution in [0.5, 0.6) is 0 Å². The Morgan fingerprint density at radius 1 is 1.36 bits per heavy atom. The number of nitrogens with one attached hydrogen (secondary N) is 1. The lowest BCUT2D eigenvalue weighted by Crippen LogP contribution is -2.61. The first-order chi connectivity index (χ1) is 5.88. The van der Waals surface area contributed by atoms with Crippen LogP contribution in [-0.2, 0) is 14.8 Å². The number of halogens is 3. The molecule has 0 aromatic carbocycles. The summed E-state index contributed by atoms with van der Waals surface area (Å²) >= 11 is 0. The van der Waals surface area contributed by atoms with E-state index >= 15 is 0 Å². The SMILES string of the molecule is CC(N)(C(=O)NS(C)(=O)=O)C(F)(F)F. The minimum Gasteiger partial charge on any atom is -0.310 e. The summed E-state index contributed by atoms with van der Waals surface area (Å²) in [5.74, 6) is -1.81. The highest BCUT2D eigenvalue weighted by molar-refractivity contribution is 7.89. The number of sulfonamides is 1. The predicted molar refractivity (Wildman–Crippen MR) is 41.6 cm³/mol. The van der Waals surface area contributed by atoms with Gasteiger partial charge in [-0.2, -0.15) is 13.2 Å². The molecule has 1 amide bonds. The first-order valence-electron chi connectivity index (χ1n) is 3.26. The zero-order valence-corrected chi connectivity index (χ0v) is 8.16. The molecule has 9 heteroatoms. The van der Waals surface area contributed by atoms with Crippen LogP contribution >= 0.6 is 0 Å². The fourth-order valence-electron chi connectivity index (χ4n) is 0.403. The van der Waals surface area contributed by atoms with Crippen molar-refractivity contribution in [1.82, 2.24) is 4.72 Å². The highest BCUT2D eigenvalue weighted by Crippen LogP contribution is 2.27. The van der Waals surface area contributed by atoms with Crippen molar-refractivity contribution in [2.24, 2.45) is 5.73 Å². The fourth-order valence-corrected chi connectivity index (χ4v) is 0.952. The molecule has 5 nitrogen and oxygen atoms in total. The van der Waals surface area contributed by atoms with E-state index < -0.39 is 27.6 Å². The summed E-state index contributed by atoms with van der Waals surface area (Å²) in [5.41, 5.74) is 1.42. The number of hydrogen-bond acceptors (Lipinski definition) is 4. The summed E-state index contributed by atoms with van der Waals surface area (Å²) < 4.78 is 58.3. The molecule has 0 aromatic heterocycles. The highest BCUT2D eigenvalue weighted by atomic mass is 32.2. The van der Waals surface area contributed by atoms with E-state index in [1.165, 1.54) is 0 Å². The van der Waals surface area contributed by atoms with Gasteiger partial charge >= 0.3 is 6.18 Å². The van der Waals surface area contributed by atoms with Gasteiger partial charge < -0.3 is 5.73 Å². The van der Waals surface area contributed by atoms with Gasteiger partial charge in [0.2, 0.25) is 10.0 Å². The maximum atomic E-state index is 12.1. The monoisotopic (exact) mass is 234 g/mol. The molecule has 1 unspecified atom stereocenters.